The molecule has 0 aliphatic carbocycles. The molecule has 1 aliphatic heterocycles. The van der Waals surface area contributed by atoms with Crippen molar-refractivity contribution in [3.05, 3.63) is 101 Å². The molecular weight excluding hydrogens is 382 g/mol. The predicted octanol–water partition coefficient (Wildman–Crippen LogP) is 5.51. The van der Waals surface area contributed by atoms with Crippen LogP contribution in [-0.2, 0) is 5.60 Å². The zero-order chi connectivity index (χ0) is 21.7. The Kier molecular flexibility index (Phi) is 6.74. The molecule has 31 heavy (non-hydrogen) atoms. The molecule has 0 saturated carbocycles. The van der Waals surface area contributed by atoms with Crippen molar-refractivity contribution in [1.82, 2.24) is 4.90 Å². The molecule has 162 valence electrons. The highest BCUT2D eigenvalue weighted by molar-refractivity contribution is 5.44. The van der Waals surface area contributed by atoms with E-state index >= 15 is 0 Å². The van der Waals surface area contributed by atoms with Gasteiger partial charge in [0.05, 0.1) is 7.11 Å². The smallest absolute Gasteiger partial charge is 0.123 e. The van der Waals surface area contributed by atoms with Gasteiger partial charge >= 0.3 is 0 Å². The molecule has 1 aliphatic rings. The van der Waals surface area contributed by atoms with Gasteiger partial charge in [-0.25, -0.2) is 0 Å². The largest absolute Gasteiger partial charge is 0.497 e. The molecule has 0 bridgehead atoms. The summed E-state index contributed by atoms with van der Waals surface area (Å²) in [6, 6.07) is 26.7. The van der Waals surface area contributed by atoms with Crippen LogP contribution in [-0.4, -0.2) is 36.8 Å². The highest BCUT2D eigenvalue weighted by Crippen LogP contribution is 2.44. The average Bonchev–Trinajstić information content (AvgIpc) is 2.83. The van der Waals surface area contributed by atoms with Crippen LogP contribution in [0, 0.1) is 6.92 Å². The zero-order valence-electron chi connectivity index (χ0n) is 18.6. The molecule has 2 atom stereocenters. The Balaban J connectivity index is 1.86. The fraction of sp³-hybridized carbons (Fsp3) is 0.357. The second-order valence-electron chi connectivity index (χ2n) is 8.69. The monoisotopic (exact) mass is 415 g/mol. The maximum atomic E-state index is 12.6. The minimum absolute atomic E-state index is 0.0954. The molecule has 0 radical (unpaired) electrons. The lowest BCUT2D eigenvalue weighted by atomic mass is 9.72. The van der Waals surface area contributed by atoms with Gasteiger partial charge in [-0.15, -0.1) is 0 Å². The van der Waals surface area contributed by atoms with Crippen LogP contribution in [0.4, 0.5) is 0 Å². The van der Waals surface area contributed by atoms with Crippen molar-refractivity contribution in [2.45, 2.75) is 37.7 Å². The number of rotatable bonds is 7. The van der Waals surface area contributed by atoms with E-state index in [9.17, 15) is 5.11 Å². The van der Waals surface area contributed by atoms with Gasteiger partial charge < -0.3 is 14.7 Å². The minimum Gasteiger partial charge on any atom is -0.497 e. The van der Waals surface area contributed by atoms with Gasteiger partial charge in [-0.3, -0.25) is 0 Å². The van der Waals surface area contributed by atoms with Crippen molar-refractivity contribution in [1.29, 1.82) is 0 Å². The second-order valence-corrected chi connectivity index (χ2v) is 8.69. The fourth-order valence-electron chi connectivity index (χ4n) is 4.86. The molecule has 3 heteroatoms. The molecule has 3 aromatic carbocycles. The Morgan fingerprint density at radius 3 is 2.23 bits per heavy atom. The van der Waals surface area contributed by atoms with Gasteiger partial charge in [0.2, 0.25) is 0 Å². The van der Waals surface area contributed by atoms with Crippen molar-refractivity contribution in [3.63, 3.8) is 0 Å². The molecule has 0 spiro atoms. The summed E-state index contributed by atoms with van der Waals surface area (Å²) >= 11 is 0. The summed E-state index contributed by atoms with van der Waals surface area (Å²) in [6.45, 7) is 5.09. The number of methoxy groups -OCH3 is 1. The number of aliphatic hydroxyl groups is 1. The zero-order valence-corrected chi connectivity index (χ0v) is 18.6. The number of hydrogen-bond donors (Lipinski definition) is 1. The molecule has 1 heterocycles. The van der Waals surface area contributed by atoms with E-state index < -0.39 is 5.60 Å². The average molecular weight is 416 g/mol. The maximum Gasteiger partial charge on any atom is 0.123 e. The number of likely N-dealkylation sites (tertiary alicyclic amines) is 1. The van der Waals surface area contributed by atoms with Gasteiger partial charge in [0.15, 0.2) is 0 Å². The first-order valence-electron chi connectivity index (χ1n) is 11.3. The van der Waals surface area contributed by atoms with Crippen LogP contribution in [0.25, 0.3) is 0 Å². The standard InChI is InChI=1S/C28H33NO2/c1-22-10-9-13-25(20-22)28(30,24-14-16-26(31-2)17-15-24)27(23-11-5-3-6-12-23)21-29-18-7-4-8-19-29/h3,5-6,9-17,20,27,30H,4,7-8,18-19,21H2,1-2H3/t27-,28+/m1/s1. The van der Waals surface area contributed by atoms with E-state index in [-0.39, 0.29) is 5.92 Å². The van der Waals surface area contributed by atoms with E-state index in [1.807, 2.05) is 36.4 Å². The molecule has 1 N–H and O–H groups in total. The van der Waals surface area contributed by atoms with Crippen molar-refractivity contribution in [2.24, 2.45) is 0 Å². The minimum atomic E-state index is -1.16. The van der Waals surface area contributed by atoms with Crippen LogP contribution in [0.2, 0.25) is 0 Å². The van der Waals surface area contributed by atoms with E-state index in [0.717, 1.165) is 47.6 Å². The first-order valence-corrected chi connectivity index (χ1v) is 11.3. The quantitative estimate of drug-likeness (QED) is 0.552. The topological polar surface area (TPSA) is 32.7 Å². The molecule has 4 rings (SSSR count). The number of nitrogens with zero attached hydrogens (tertiary/aromatic N) is 1. The van der Waals surface area contributed by atoms with Crippen LogP contribution < -0.4 is 4.74 Å². The third-order valence-electron chi connectivity index (χ3n) is 6.58. The number of piperidine rings is 1. The highest BCUT2D eigenvalue weighted by Gasteiger charge is 2.42. The van der Waals surface area contributed by atoms with E-state index in [1.54, 1.807) is 7.11 Å². The van der Waals surface area contributed by atoms with Gasteiger partial charge in [0.1, 0.15) is 11.4 Å². The molecule has 1 fully saturated rings. The van der Waals surface area contributed by atoms with Gasteiger partial charge in [0, 0.05) is 12.5 Å². The Morgan fingerprint density at radius 2 is 1.58 bits per heavy atom. The summed E-state index contributed by atoms with van der Waals surface area (Å²) in [5.74, 6) is 0.699. The van der Waals surface area contributed by atoms with Gasteiger partial charge in [-0.05, 0) is 61.7 Å². The number of ether oxygens (including phenoxy) is 1. The normalized spacial score (nSPS) is 17.6. The predicted molar refractivity (Wildman–Crippen MR) is 127 cm³/mol. The second kappa shape index (κ2) is 9.67. The van der Waals surface area contributed by atoms with E-state index in [0.29, 0.717) is 0 Å². The summed E-state index contributed by atoms with van der Waals surface area (Å²) in [5, 5.41) is 12.6. The molecule has 3 nitrogen and oxygen atoms in total. The summed E-state index contributed by atoms with van der Waals surface area (Å²) < 4.78 is 5.38. The summed E-state index contributed by atoms with van der Waals surface area (Å²) in [7, 11) is 1.67. The molecular formula is C28H33NO2. The first kappa shape index (κ1) is 21.6. The van der Waals surface area contributed by atoms with Crippen molar-refractivity contribution in [3.8, 4) is 5.75 Å². The Labute approximate surface area is 186 Å². The number of aryl methyl sites for hydroxylation is 1. The SMILES string of the molecule is COc1ccc([C@](O)(c2cccc(C)c2)[C@H](CN2CCCCC2)c2ccccc2)cc1. The lowest BCUT2D eigenvalue weighted by Crippen LogP contribution is -2.43. The Hall–Kier alpha value is -2.62. The van der Waals surface area contributed by atoms with Crippen LogP contribution in [0.15, 0.2) is 78.9 Å². The van der Waals surface area contributed by atoms with Crippen molar-refractivity contribution >= 4 is 0 Å². The lowest BCUT2D eigenvalue weighted by molar-refractivity contribution is 0.0309. The lowest BCUT2D eigenvalue weighted by Gasteiger charge is -2.41. The van der Waals surface area contributed by atoms with Crippen LogP contribution in [0.5, 0.6) is 5.75 Å². The van der Waals surface area contributed by atoms with Crippen molar-refractivity contribution < 1.29 is 9.84 Å². The third-order valence-corrected chi connectivity index (χ3v) is 6.58. The Morgan fingerprint density at radius 1 is 0.871 bits per heavy atom. The number of benzene rings is 3. The summed E-state index contributed by atoms with van der Waals surface area (Å²) in [5.41, 5.74) is 2.98. The molecule has 1 saturated heterocycles. The fourth-order valence-corrected chi connectivity index (χ4v) is 4.86. The van der Waals surface area contributed by atoms with Gasteiger partial charge in [-0.1, -0.05) is 78.7 Å². The molecule has 0 aromatic heterocycles. The van der Waals surface area contributed by atoms with Crippen molar-refractivity contribution in [2.75, 3.05) is 26.7 Å². The summed E-state index contributed by atoms with van der Waals surface area (Å²) in [6.07, 6.45) is 3.76. The molecule has 0 amide bonds. The molecule has 3 aromatic rings. The van der Waals surface area contributed by atoms with Gasteiger partial charge in [0.25, 0.3) is 0 Å². The maximum absolute atomic E-state index is 12.6. The number of hydrogen-bond acceptors (Lipinski definition) is 3. The van der Waals surface area contributed by atoms with E-state index in [1.165, 1.54) is 19.3 Å². The highest BCUT2D eigenvalue weighted by atomic mass is 16.5. The van der Waals surface area contributed by atoms with Gasteiger partial charge in [-0.2, -0.15) is 0 Å². The van der Waals surface area contributed by atoms with E-state index in [4.69, 9.17) is 4.74 Å². The first-order chi connectivity index (χ1) is 15.1. The Bertz CT molecular complexity index is 964. The van der Waals surface area contributed by atoms with E-state index in [2.05, 4.69) is 54.3 Å². The summed E-state index contributed by atoms with van der Waals surface area (Å²) in [4.78, 5) is 2.52. The third kappa shape index (κ3) is 4.68. The van der Waals surface area contributed by atoms with Crippen LogP contribution >= 0.6 is 0 Å². The van der Waals surface area contributed by atoms with Crippen LogP contribution in [0.3, 0.4) is 0 Å². The van der Waals surface area contributed by atoms with Crippen LogP contribution in [0.1, 0.15) is 47.4 Å². The molecule has 0 unspecified atom stereocenters.